The summed E-state index contributed by atoms with van der Waals surface area (Å²) < 4.78 is 2.85. The Morgan fingerprint density at radius 1 is 1.30 bits per heavy atom. The molecule has 2 aromatic heterocycles. The Labute approximate surface area is 133 Å². The van der Waals surface area contributed by atoms with E-state index in [-0.39, 0.29) is 24.1 Å². The van der Waals surface area contributed by atoms with Gasteiger partial charge in [0.15, 0.2) is 5.65 Å². The molecule has 0 radical (unpaired) electrons. The highest BCUT2D eigenvalue weighted by atomic mass is 16.2. The van der Waals surface area contributed by atoms with Gasteiger partial charge in [0.1, 0.15) is 0 Å². The molecule has 0 spiro atoms. The molecule has 1 amide bonds. The standard InChI is InChI=1S/C16H21N5O2/c22-15(18-13-9-11-4-5-12(10-13)17-11)6-8-21-16(23)20-7-2-1-3-14(20)19-21/h1-3,7,11-13,17H,4-6,8-10H2,(H,18,22). The lowest BCUT2D eigenvalue weighted by atomic mass is 10.00. The van der Waals surface area contributed by atoms with Gasteiger partial charge in [0.05, 0.1) is 6.54 Å². The number of amides is 1. The lowest BCUT2D eigenvalue weighted by Crippen LogP contribution is -2.48. The number of aryl methyl sites for hydroxylation is 1. The summed E-state index contributed by atoms with van der Waals surface area (Å²) in [6, 6.07) is 6.78. The number of fused-ring (bicyclic) bond motifs is 3. The molecule has 2 atom stereocenters. The second-order valence-electron chi connectivity index (χ2n) is 6.56. The van der Waals surface area contributed by atoms with Crippen LogP contribution in [-0.4, -0.2) is 38.2 Å². The molecule has 2 aliphatic heterocycles. The molecule has 2 saturated heterocycles. The molecule has 2 N–H and O–H groups in total. The van der Waals surface area contributed by atoms with Gasteiger partial charge in [-0.25, -0.2) is 9.48 Å². The zero-order chi connectivity index (χ0) is 15.8. The van der Waals surface area contributed by atoms with Crippen molar-refractivity contribution in [3.63, 3.8) is 0 Å². The SMILES string of the molecule is O=C(CCn1nc2ccccn2c1=O)NC1CC2CCC(C1)N2. The van der Waals surface area contributed by atoms with Crippen LogP contribution in [0.2, 0.25) is 0 Å². The molecule has 2 unspecified atom stereocenters. The summed E-state index contributed by atoms with van der Waals surface area (Å²) in [5.41, 5.74) is 0.404. The van der Waals surface area contributed by atoms with Gasteiger partial charge in [-0.05, 0) is 37.8 Å². The van der Waals surface area contributed by atoms with E-state index in [9.17, 15) is 9.59 Å². The van der Waals surface area contributed by atoms with Gasteiger partial charge in [-0.1, -0.05) is 6.07 Å². The van der Waals surface area contributed by atoms with E-state index in [1.54, 1.807) is 18.3 Å². The third kappa shape index (κ3) is 2.88. The van der Waals surface area contributed by atoms with Crippen molar-refractivity contribution in [3.8, 4) is 0 Å². The Kier molecular flexibility index (Phi) is 3.65. The molecule has 4 rings (SSSR count). The molecule has 2 aliphatic rings. The van der Waals surface area contributed by atoms with Crippen molar-refractivity contribution in [2.75, 3.05) is 0 Å². The Morgan fingerprint density at radius 3 is 2.83 bits per heavy atom. The van der Waals surface area contributed by atoms with Crippen molar-refractivity contribution < 1.29 is 4.79 Å². The summed E-state index contributed by atoms with van der Waals surface area (Å²) in [5.74, 6) is 0.000237. The maximum Gasteiger partial charge on any atom is 0.350 e. The van der Waals surface area contributed by atoms with Crippen LogP contribution in [0.5, 0.6) is 0 Å². The first kappa shape index (κ1) is 14.4. The summed E-state index contributed by atoms with van der Waals surface area (Å²) in [5, 5.41) is 10.9. The van der Waals surface area contributed by atoms with Crippen LogP contribution in [0.4, 0.5) is 0 Å². The molecule has 122 valence electrons. The fraction of sp³-hybridized carbons (Fsp3) is 0.562. The minimum absolute atomic E-state index is 0.000237. The van der Waals surface area contributed by atoms with Gasteiger partial charge in [-0.15, -0.1) is 5.10 Å². The van der Waals surface area contributed by atoms with E-state index in [0.29, 0.717) is 24.3 Å². The van der Waals surface area contributed by atoms with Crippen LogP contribution in [0, 0.1) is 0 Å². The number of nitrogens with zero attached hydrogens (tertiary/aromatic N) is 3. The number of aromatic nitrogens is 3. The number of hydrogen-bond acceptors (Lipinski definition) is 4. The fourth-order valence-electron chi connectivity index (χ4n) is 3.80. The molecule has 0 aliphatic carbocycles. The summed E-state index contributed by atoms with van der Waals surface area (Å²) >= 11 is 0. The first-order valence-corrected chi connectivity index (χ1v) is 8.28. The van der Waals surface area contributed by atoms with Crippen molar-refractivity contribution in [2.24, 2.45) is 0 Å². The van der Waals surface area contributed by atoms with E-state index >= 15 is 0 Å². The lowest BCUT2D eigenvalue weighted by Gasteiger charge is -2.29. The van der Waals surface area contributed by atoms with E-state index in [1.165, 1.54) is 21.9 Å². The Hall–Kier alpha value is -2.15. The minimum Gasteiger partial charge on any atom is -0.353 e. The smallest absolute Gasteiger partial charge is 0.350 e. The van der Waals surface area contributed by atoms with Gasteiger partial charge in [0, 0.05) is 30.7 Å². The van der Waals surface area contributed by atoms with E-state index in [1.807, 2.05) is 6.07 Å². The number of hydrogen-bond donors (Lipinski definition) is 2. The van der Waals surface area contributed by atoms with E-state index in [0.717, 1.165) is 12.8 Å². The highest BCUT2D eigenvalue weighted by molar-refractivity contribution is 5.76. The normalized spacial score (nSPS) is 26.5. The third-order valence-corrected chi connectivity index (χ3v) is 4.88. The molecule has 2 fully saturated rings. The lowest BCUT2D eigenvalue weighted by molar-refractivity contribution is -0.122. The number of carbonyl (C=O) groups excluding carboxylic acids is 1. The molecule has 0 aromatic carbocycles. The number of nitrogens with one attached hydrogen (secondary N) is 2. The van der Waals surface area contributed by atoms with Gasteiger partial charge in [0.25, 0.3) is 0 Å². The molecule has 0 saturated carbocycles. The third-order valence-electron chi connectivity index (χ3n) is 4.88. The average Bonchev–Trinajstić information content (AvgIpc) is 3.05. The molecule has 2 bridgehead atoms. The summed E-state index contributed by atoms with van der Waals surface area (Å²) in [6.45, 7) is 0.310. The van der Waals surface area contributed by atoms with Crippen LogP contribution < -0.4 is 16.3 Å². The maximum absolute atomic E-state index is 12.2. The van der Waals surface area contributed by atoms with E-state index in [4.69, 9.17) is 0 Å². The van der Waals surface area contributed by atoms with Crippen LogP contribution in [0.25, 0.3) is 5.65 Å². The van der Waals surface area contributed by atoms with Gasteiger partial charge in [0.2, 0.25) is 5.91 Å². The van der Waals surface area contributed by atoms with Crippen LogP contribution in [0.3, 0.4) is 0 Å². The first-order chi connectivity index (χ1) is 11.2. The molecule has 7 nitrogen and oxygen atoms in total. The monoisotopic (exact) mass is 315 g/mol. The first-order valence-electron chi connectivity index (χ1n) is 8.28. The van der Waals surface area contributed by atoms with Crippen molar-refractivity contribution in [2.45, 2.75) is 56.8 Å². The molecular weight excluding hydrogens is 294 g/mol. The van der Waals surface area contributed by atoms with Crippen molar-refractivity contribution in [1.82, 2.24) is 24.8 Å². The minimum atomic E-state index is -0.201. The van der Waals surface area contributed by atoms with E-state index < -0.39 is 0 Å². The van der Waals surface area contributed by atoms with Gasteiger partial charge in [-0.3, -0.25) is 9.20 Å². The van der Waals surface area contributed by atoms with E-state index in [2.05, 4.69) is 15.7 Å². The number of carbonyl (C=O) groups is 1. The molecule has 23 heavy (non-hydrogen) atoms. The molecule has 4 heterocycles. The molecule has 7 heteroatoms. The average molecular weight is 315 g/mol. The van der Waals surface area contributed by atoms with Crippen LogP contribution >= 0.6 is 0 Å². The Morgan fingerprint density at radius 2 is 2.09 bits per heavy atom. The van der Waals surface area contributed by atoms with Crippen molar-refractivity contribution >= 4 is 11.6 Å². The molecule has 2 aromatic rings. The number of rotatable bonds is 4. The zero-order valence-corrected chi connectivity index (χ0v) is 12.9. The van der Waals surface area contributed by atoms with Gasteiger partial charge >= 0.3 is 5.69 Å². The zero-order valence-electron chi connectivity index (χ0n) is 12.9. The second kappa shape index (κ2) is 5.81. The quantitative estimate of drug-likeness (QED) is 0.849. The van der Waals surface area contributed by atoms with Crippen molar-refractivity contribution in [3.05, 3.63) is 34.9 Å². The number of piperidine rings is 1. The number of pyridine rings is 1. The highest BCUT2D eigenvalue weighted by Crippen LogP contribution is 2.26. The van der Waals surface area contributed by atoms with Crippen LogP contribution in [-0.2, 0) is 11.3 Å². The highest BCUT2D eigenvalue weighted by Gasteiger charge is 2.33. The summed E-state index contributed by atoms with van der Waals surface area (Å²) in [6.07, 6.45) is 6.42. The second-order valence-corrected chi connectivity index (χ2v) is 6.56. The predicted octanol–water partition coefficient (Wildman–Crippen LogP) is 0.285. The van der Waals surface area contributed by atoms with Gasteiger partial charge < -0.3 is 10.6 Å². The Balaban J connectivity index is 1.35. The van der Waals surface area contributed by atoms with Crippen LogP contribution in [0.15, 0.2) is 29.2 Å². The topological polar surface area (TPSA) is 80.4 Å². The fourth-order valence-corrected chi connectivity index (χ4v) is 3.80. The predicted molar refractivity (Wildman–Crippen MR) is 85.2 cm³/mol. The van der Waals surface area contributed by atoms with Gasteiger partial charge in [-0.2, -0.15) is 0 Å². The molecular formula is C16H21N5O2. The largest absolute Gasteiger partial charge is 0.353 e. The maximum atomic E-state index is 12.2. The summed E-state index contributed by atoms with van der Waals surface area (Å²) in [4.78, 5) is 24.3. The Bertz CT molecular complexity index is 768. The van der Waals surface area contributed by atoms with Crippen molar-refractivity contribution in [1.29, 1.82) is 0 Å². The van der Waals surface area contributed by atoms with Crippen LogP contribution in [0.1, 0.15) is 32.1 Å². The summed E-state index contributed by atoms with van der Waals surface area (Å²) in [7, 11) is 0.